The molecule has 5 heteroatoms. The summed E-state index contributed by atoms with van der Waals surface area (Å²) in [6, 6.07) is 6.63. The van der Waals surface area contributed by atoms with Crippen LogP contribution in [0.4, 0.5) is 0 Å². The molecule has 3 heterocycles. The maximum absolute atomic E-state index is 12.8. The van der Waals surface area contributed by atoms with E-state index in [0.29, 0.717) is 0 Å². The van der Waals surface area contributed by atoms with Crippen LogP contribution in [0.5, 0.6) is 0 Å². The summed E-state index contributed by atoms with van der Waals surface area (Å²) < 4.78 is 1.85. The number of hydrogen-bond acceptors (Lipinski definition) is 3. The third-order valence-electron chi connectivity index (χ3n) is 5.88. The zero-order valence-electron chi connectivity index (χ0n) is 14.5. The Morgan fingerprint density at radius 2 is 2.12 bits per heavy atom. The van der Waals surface area contributed by atoms with Crippen LogP contribution in [-0.4, -0.2) is 48.3 Å². The van der Waals surface area contributed by atoms with Gasteiger partial charge < -0.3 is 15.1 Å². The molecule has 5 rings (SSSR count). The molecule has 2 aliphatic heterocycles. The number of aromatic nitrogens is 1. The molecule has 1 aromatic carbocycles. The molecule has 3 aliphatic rings. The SMILES string of the molecule is COn1cc2c3c(cccc31)C1=C[C@@H](C(=O)N3CCCC3)CN[C@@H]1C2. The number of rotatable bonds is 2. The summed E-state index contributed by atoms with van der Waals surface area (Å²) in [5, 5.41) is 4.89. The van der Waals surface area contributed by atoms with E-state index < -0.39 is 0 Å². The largest absolute Gasteiger partial charge is 0.417 e. The van der Waals surface area contributed by atoms with Crippen LogP contribution in [0.1, 0.15) is 24.0 Å². The van der Waals surface area contributed by atoms with E-state index in [4.69, 9.17) is 4.84 Å². The fourth-order valence-corrected chi connectivity index (χ4v) is 4.66. The van der Waals surface area contributed by atoms with Crippen LogP contribution in [0.25, 0.3) is 16.5 Å². The van der Waals surface area contributed by atoms with Crippen molar-refractivity contribution in [1.29, 1.82) is 0 Å². The Bertz CT molecular complexity index is 876. The lowest BCUT2D eigenvalue weighted by Gasteiger charge is -2.34. The Morgan fingerprint density at radius 1 is 1.28 bits per heavy atom. The number of likely N-dealkylation sites (tertiary alicyclic amines) is 1. The van der Waals surface area contributed by atoms with Crippen LogP contribution < -0.4 is 10.2 Å². The van der Waals surface area contributed by atoms with Crippen molar-refractivity contribution in [2.75, 3.05) is 26.7 Å². The minimum Gasteiger partial charge on any atom is -0.417 e. The van der Waals surface area contributed by atoms with Gasteiger partial charge in [-0.05, 0) is 42.0 Å². The Kier molecular flexibility index (Phi) is 3.38. The molecule has 1 fully saturated rings. The zero-order chi connectivity index (χ0) is 17.0. The van der Waals surface area contributed by atoms with Crippen LogP contribution in [0.2, 0.25) is 0 Å². The first-order valence-corrected chi connectivity index (χ1v) is 9.18. The molecule has 1 aromatic heterocycles. The maximum atomic E-state index is 12.8. The highest BCUT2D eigenvalue weighted by Gasteiger charge is 2.34. The van der Waals surface area contributed by atoms with Crippen LogP contribution >= 0.6 is 0 Å². The van der Waals surface area contributed by atoms with E-state index >= 15 is 0 Å². The lowest BCUT2D eigenvalue weighted by molar-refractivity contribution is -0.132. The second kappa shape index (κ2) is 5.63. The molecule has 1 saturated heterocycles. The lowest BCUT2D eigenvalue weighted by atomic mass is 9.80. The van der Waals surface area contributed by atoms with Gasteiger partial charge in [0.1, 0.15) is 7.11 Å². The van der Waals surface area contributed by atoms with Crippen molar-refractivity contribution >= 4 is 22.4 Å². The first-order chi connectivity index (χ1) is 12.3. The molecule has 0 unspecified atom stereocenters. The summed E-state index contributed by atoms with van der Waals surface area (Å²) in [7, 11) is 1.70. The normalized spacial score (nSPS) is 25.0. The Labute approximate surface area is 147 Å². The molecule has 2 aromatic rings. The van der Waals surface area contributed by atoms with Gasteiger partial charge >= 0.3 is 0 Å². The monoisotopic (exact) mass is 337 g/mol. The molecule has 0 bridgehead atoms. The number of carbonyl (C=O) groups is 1. The van der Waals surface area contributed by atoms with Crippen molar-refractivity contribution in [2.45, 2.75) is 25.3 Å². The van der Waals surface area contributed by atoms with E-state index in [1.165, 1.54) is 22.1 Å². The molecule has 1 N–H and O–H groups in total. The highest BCUT2D eigenvalue weighted by atomic mass is 16.6. The third-order valence-corrected chi connectivity index (χ3v) is 5.88. The lowest BCUT2D eigenvalue weighted by Crippen LogP contribution is -2.46. The van der Waals surface area contributed by atoms with Gasteiger partial charge in [-0.15, -0.1) is 0 Å². The smallest absolute Gasteiger partial charge is 0.230 e. The minimum absolute atomic E-state index is 0.0503. The summed E-state index contributed by atoms with van der Waals surface area (Å²) in [6.07, 6.45) is 7.54. The Balaban J connectivity index is 1.58. The number of nitrogens with one attached hydrogen (secondary N) is 1. The van der Waals surface area contributed by atoms with E-state index in [-0.39, 0.29) is 17.9 Å². The number of benzene rings is 1. The molecule has 2 atom stereocenters. The summed E-state index contributed by atoms with van der Waals surface area (Å²) in [5.74, 6) is 0.231. The summed E-state index contributed by atoms with van der Waals surface area (Å²) >= 11 is 0. The number of carbonyl (C=O) groups excluding carboxylic acids is 1. The van der Waals surface area contributed by atoms with E-state index in [2.05, 4.69) is 35.8 Å². The molecular weight excluding hydrogens is 314 g/mol. The molecule has 1 amide bonds. The molecule has 1 aliphatic carbocycles. The molecular formula is C20H23N3O2. The molecule has 0 spiro atoms. The number of nitrogens with zero attached hydrogens (tertiary/aromatic N) is 2. The summed E-state index contributed by atoms with van der Waals surface area (Å²) in [5.41, 5.74) is 4.93. The highest BCUT2D eigenvalue weighted by molar-refractivity contribution is 5.99. The standard InChI is InChI=1S/C20H23N3O2/c1-25-23-12-14-10-17-16(15-5-4-6-18(23)19(14)15)9-13(11-21-17)20(24)22-7-2-3-8-22/h4-6,9,12-13,17,21H,2-3,7-8,10-11H2,1H3/t13-,17-/m1/s1. The Morgan fingerprint density at radius 3 is 2.92 bits per heavy atom. The summed E-state index contributed by atoms with van der Waals surface area (Å²) in [6.45, 7) is 2.57. The number of fused-ring (bicyclic) bond motifs is 2. The van der Waals surface area contributed by atoms with Crippen molar-refractivity contribution in [2.24, 2.45) is 5.92 Å². The summed E-state index contributed by atoms with van der Waals surface area (Å²) in [4.78, 5) is 20.3. The number of hydrogen-bond donors (Lipinski definition) is 1. The Hall–Kier alpha value is -2.27. The maximum Gasteiger partial charge on any atom is 0.230 e. The third kappa shape index (κ3) is 2.22. The van der Waals surface area contributed by atoms with Crippen molar-refractivity contribution in [3.8, 4) is 0 Å². The van der Waals surface area contributed by atoms with Gasteiger partial charge in [0, 0.05) is 37.3 Å². The van der Waals surface area contributed by atoms with Gasteiger partial charge in [0.2, 0.25) is 5.91 Å². The van der Waals surface area contributed by atoms with E-state index in [9.17, 15) is 4.79 Å². The van der Waals surface area contributed by atoms with Gasteiger partial charge in [0.05, 0.1) is 11.4 Å². The molecule has 130 valence electrons. The topological polar surface area (TPSA) is 46.5 Å². The van der Waals surface area contributed by atoms with E-state index in [1.54, 1.807) is 7.11 Å². The van der Waals surface area contributed by atoms with Crippen LogP contribution in [0, 0.1) is 5.92 Å². The predicted octanol–water partition coefficient (Wildman–Crippen LogP) is 1.85. The van der Waals surface area contributed by atoms with Gasteiger partial charge in [-0.25, -0.2) is 0 Å². The van der Waals surface area contributed by atoms with E-state index in [1.807, 2.05) is 9.63 Å². The minimum atomic E-state index is -0.0503. The molecule has 5 nitrogen and oxygen atoms in total. The second-order valence-corrected chi connectivity index (χ2v) is 7.29. The second-order valence-electron chi connectivity index (χ2n) is 7.29. The van der Waals surface area contributed by atoms with Crippen molar-refractivity contribution in [3.05, 3.63) is 41.6 Å². The first kappa shape index (κ1) is 15.0. The quantitative estimate of drug-likeness (QED) is 0.910. The fraction of sp³-hybridized carbons (Fsp3) is 0.450. The highest BCUT2D eigenvalue weighted by Crippen LogP contribution is 2.39. The van der Waals surface area contributed by atoms with Crippen molar-refractivity contribution in [1.82, 2.24) is 14.9 Å². The van der Waals surface area contributed by atoms with Crippen molar-refractivity contribution < 1.29 is 9.63 Å². The average molecular weight is 337 g/mol. The van der Waals surface area contributed by atoms with Gasteiger partial charge in [-0.3, -0.25) is 4.79 Å². The van der Waals surface area contributed by atoms with Gasteiger partial charge in [-0.1, -0.05) is 18.2 Å². The molecule has 0 radical (unpaired) electrons. The number of amides is 1. The average Bonchev–Trinajstić information content (AvgIpc) is 3.30. The first-order valence-electron chi connectivity index (χ1n) is 9.18. The van der Waals surface area contributed by atoms with Gasteiger partial charge in [0.25, 0.3) is 0 Å². The van der Waals surface area contributed by atoms with Gasteiger partial charge in [0.15, 0.2) is 0 Å². The zero-order valence-corrected chi connectivity index (χ0v) is 14.5. The fourth-order valence-electron chi connectivity index (χ4n) is 4.66. The predicted molar refractivity (Wildman–Crippen MR) is 97.2 cm³/mol. The molecule has 0 saturated carbocycles. The van der Waals surface area contributed by atoms with Gasteiger partial charge in [-0.2, -0.15) is 4.73 Å². The molecule has 25 heavy (non-hydrogen) atoms. The van der Waals surface area contributed by atoms with Crippen LogP contribution in [0.15, 0.2) is 30.5 Å². The van der Waals surface area contributed by atoms with Crippen LogP contribution in [0.3, 0.4) is 0 Å². The van der Waals surface area contributed by atoms with Crippen molar-refractivity contribution in [3.63, 3.8) is 0 Å². The van der Waals surface area contributed by atoms with E-state index in [0.717, 1.165) is 44.4 Å². The van der Waals surface area contributed by atoms with Crippen LogP contribution in [-0.2, 0) is 11.2 Å².